The Morgan fingerprint density at radius 2 is 1.65 bits per heavy atom. The number of amides is 3. The van der Waals surface area contributed by atoms with E-state index in [9.17, 15) is 9.59 Å². The van der Waals surface area contributed by atoms with Crippen LogP contribution < -0.4 is 20.9 Å². The Morgan fingerprint density at radius 3 is 2.31 bits per heavy atom. The molecule has 0 spiro atoms. The summed E-state index contributed by atoms with van der Waals surface area (Å²) >= 11 is 0. The summed E-state index contributed by atoms with van der Waals surface area (Å²) in [7, 11) is 0. The minimum atomic E-state index is -0.481. The molecule has 0 bridgehead atoms. The molecule has 6 heteroatoms. The van der Waals surface area contributed by atoms with Gasteiger partial charge in [0.05, 0.1) is 0 Å². The number of carbonyl (C=O) groups is 2. The van der Waals surface area contributed by atoms with Crippen LogP contribution in [0.1, 0.15) is 51.9 Å². The SMILES string of the molecule is CC(Nc1ccc(N2CCCCC2)cc1)C(=O)NC(=O)NC1CCCC1. The summed E-state index contributed by atoms with van der Waals surface area (Å²) in [6.07, 6.45) is 8.10. The maximum atomic E-state index is 12.2. The Hall–Kier alpha value is -2.24. The van der Waals surface area contributed by atoms with Crippen molar-refractivity contribution in [1.29, 1.82) is 0 Å². The normalized spacial score (nSPS) is 19.0. The van der Waals surface area contributed by atoms with Crippen molar-refractivity contribution in [2.75, 3.05) is 23.3 Å². The van der Waals surface area contributed by atoms with Crippen molar-refractivity contribution in [3.63, 3.8) is 0 Å². The lowest BCUT2D eigenvalue weighted by molar-refractivity contribution is -0.120. The van der Waals surface area contributed by atoms with Gasteiger partial charge in [0.2, 0.25) is 5.91 Å². The predicted molar refractivity (Wildman–Crippen MR) is 105 cm³/mol. The molecule has 1 aromatic rings. The molecule has 1 aromatic carbocycles. The molecule has 1 heterocycles. The van der Waals surface area contributed by atoms with E-state index in [4.69, 9.17) is 0 Å². The lowest BCUT2D eigenvalue weighted by Crippen LogP contribution is -2.48. The summed E-state index contributed by atoms with van der Waals surface area (Å²) < 4.78 is 0. The molecular weight excluding hydrogens is 328 g/mol. The molecule has 0 radical (unpaired) electrons. The molecule has 26 heavy (non-hydrogen) atoms. The van der Waals surface area contributed by atoms with Crippen molar-refractivity contribution < 1.29 is 9.59 Å². The van der Waals surface area contributed by atoms with E-state index in [1.807, 2.05) is 12.1 Å². The smallest absolute Gasteiger partial charge is 0.321 e. The zero-order chi connectivity index (χ0) is 18.4. The number of piperidine rings is 1. The van der Waals surface area contributed by atoms with Crippen LogP contribution in [0.25, 0.3) is 0 Å². The molecule has 3 rings (SSSR count). The number of hydrogen-bond acceptors (Lipinski definition) is 4. The molecule has 6 nitrogen and oxygen atoms in total. The van der Waals surface area contributed by atoms with Gasteiger partial charge in [0.1, 0.15) is 6.04 Å². The van der Waals surface area contributed by atoms with E-state index < -0.39 is 12.1 Å². The zero-order valence-electron chi connectivity index (χ0n) is 15.6. The first-order valence-corrected chi connectivity index (χ1v) is 9.85. The molecule has 1 atom stereocenters. The maximum absolute atomic E-state index is 12.2. The number of imide groups is 1. The highest BCUT2D eigenvalue weighted by Gasteiger charge is 2.20. The summed E-state index contributed by atoms with van der Waals surface area (Å²) in [6, 6.07) is 7.49. The van der Waals surface area contributed by atoms with Gasteiger partial charge in [-0.25, -0.2) is 4.79 Å². The predicted octanol–water partition coefficient (Wildman–Crippen LogP) is 3.25. The number of nitrogens with zero attached hydrogens (tertiary/aromatic N) is 1. The number of benzene rings is 1. The largest absolute Gasteiger partial charge is 0.374 e. The lowest BCUT2D eigenvalue weighted by atomic mass is 10.1. The Morgan fingerprint density at radius 1 is 1.00 bits per heavy atom. The van der Waals surface area contributed by atoms with E-state index in [1.165, 1.54) is 24.9 Å². The standard InChI is InChI=1S/C20H30N4O2/c1-15(19(25)23-20(26)22-16-7-3-4-8-16)21-17-9-11-18(12-10-17)24-13-5-2-6-14-24/h9-12,15-16,21H,2-8,13-14H2,1H3,(H2,22,23,25,26). The molecular formula is C20H30N4O2. The Bertz CT molecular complexity index is 605. The van der Waals surface area contributed by atoms with Gasteiger partial charge in [0, 0.05) is 30.5 Å². The minimum Gasteiger partial charge on any atom is -0.374 e. The Labute approximate surface area is 155 Å². The third-order valence-corrected chi connectivity index (χ3v) is 5.29. The van der Waals surface area contributed by atoms with Gasteiger partial charge < -0.3 is 15.5 Å². The average molecular weight is 358 g/mol. The molecule has 1 saturated heterocycles. The van der Waals surface area contributed by atoms with Crippen LogP contribution in [-0.4, -0.2) is 37.1 Å². The molecule has 3 N–H and O–H groups in total. The fourth-order valence-electron chi connectivity index (χ4n) is 3.75. The van der Waals surface area contributed by atoms with Gasteiger partial charge in [0.15, 0.2) is 0 Å². The van der Waals surface area contributed by atoms with Gasteiger partial charge in [-0.05, 0) is 63.3 Å². The van der Waals surface area contributed by atoms with E-state index in [2.05, 4.69) is 33.0 Å². The summed E-state index contributed by atoms with van der Waals surface area (Å²) in [6.45, 7) is 3.99. The van der Waals surface area contributed by atoms with Gasteiger partial charge in [-0.15, -0.1) is 0 Å². The van der Waals surface area contributed by atoms with Crippen LogP contribution in [0.15, 0.2) is 24.3 Å². The molecule has 1 unspecified atom stereocenters. The summed E-state index contributed by atoms with van der Waals surface area (Å²) in [5.41, 5.74) is 2.10. The first kappa shape index (κ1) is 18.5. The van der Waals surface area contributed by atoms with E-state index in [0.29, 0.717) is 0 Å². The van der Waals surface area contributed by atoms with E-state index >= 15 is 0 Å². The van der Waals surface area contributed by atoms with Crippen LogP contribution in [0.2, 0.25) is 0 Å². The maximum Gasteiger partial charge on any atom is 0.321 e. The zero-order valence-corrected chi connectivity index (χ0v) is 15.6. The van der Waals surface area contributed by atoms with Crippen LogP contribution in [-0.2, 0) is 4.79 Å². The third kappa shape index (κ3) is 5.13. The molecule has 1 aliphatic carbocycles. The topological polar surface area (TPSA) is 73.5 Å². The number of nitrogens with one attached hydrogen (secondary N) is 3. The number of rotatable bonds is 5. The van der Waals surface area contributed by atoms with Gasteiger partial charge in [-0.3, -0.25) is 10.1 Å². The van der Waals surface area contributed by atoms with Crippen LogP contribution >= 0.6 is 0 Å². The van der Waals surface area contributed by atoms with Crippen molar-refractivity contribution in [2.45, 2.75) is 64.0 Å². The summed E-state index contributed by atoms with van der Waals surface area (Å²) in [4.78, 5) is 26.5. The van der Waals surface area contributed by atoms with Crippen LogP contribution in [0.4, 0.5) is 16.2 Å². The van der Waals surface area contributed by atoms with Gasteiger partial charge in [0.25, 0.3) is 0 Å². The Kier molecular flexibility index (Phi) is 6.36. The van der Waals surface area contributed by atoms with Crippen LogP contribution in [0, 0.1) is 0 Å². The highest BCUT2D eigenvalue weighted by Crippen LogP contribution is 2.22. The van der Waals surface area contributed by atoms with Crippen molar-refractivity contribution in [2.24, 2.45) is 0 Å². The number of hydrogen-bond donors (Lipinski definition) is 3. The van der Waals surface area contributed by atoms with E-state index in [1.54, 1.807) is 6.92 Å². The average Bonchev–Trinajstić information content (AvgIpc) is 3.16. The molecule has 0 aromatic heterocycles. The fourth-order valence-corrected chi connectivity index (χ4v) is 3.75. The van der Waals surface area contributed by atoms with Crippen molar-refractivity contribution in [3.05, 3.63) is 24.3 Å². The van der Waals surface area contributed by atoms with Crippen molar-refractivity contribution in [1.82, 2.24) is 10.6 Å². The highest BCUT2D eigenvalue weighted by molar-refractivity contribution is 5.98. The van der Waals surface area contributed by atoms with Crippen LogP contribution in [0.3, 0.4) is 0 Å². The third-order valence-electron chi connectivity index (χ3n) is 5.29. The first-order valence-electron chi connectivity index (χ1n) is 9.85. The summed E-state index contributed by atoms with van der Waals surface area (Å²) in [5.74, 6) is -0.319. The van der Waals surface area contributed by atoms with Gasteiger partial charge in [-0.2, -0.15) is 0 Å². The molecule has 1 aliphatic heterocycles. The molecule has 3 amide bonds. The van der Waals surface area contributed by atoms with Crippen molar-refractivity contribution >= 4 is 23.3 Å². The first-order chi connectivity index (χ1) is 12.6. The van der Waals surface area contributed by atoms with E-state index in [0.717, 1.165) is 44.5 Å². The van der Waals surface area contributed by atoms with Crippen LogP contribution in [0.5, 0.6) is 0 Å². The quantitative estimate of drug-likeness (QED) is 0.755. The van der Waals surface area contributed by atoms with Crippen molar-refractivity contribution in [3.8, 4) is 0 Å². The molecule has 142 valence electrons. The Balaban J connectivity index is 1.46. The lowest BCUT2D eigenvalue weighted by Gasteiger charge is -2.29. The second-order valence-corrected chi connectivity index (χ2v) is 7.40. The number of anilines is 2. The van der Waals surface area contributed by atoms with Gasteiger partial charge in [-0.1, -0.05) is 12.8 Å². The highest BCUT2D eigenvalue weighted by atomic mass is 16.2. The molecule has 2 fully saturated rings. The van der Waals surface area contributed by atoms with Gasteiger partial charge >= 0.3 is 6.03 Å². The fraction of sp³-hybridized carbons (Fsp3) is 0.600. The number of carbonyl (C=O) groups excluding carboxylic acids is 2. The second kappa shape index (κ2) is 8.92. The minimum absolute atomic E-state index is 0.202. The monoisotopic (exact) mass is 358 g/mol. The molecule has 1 saturated carbocycles. The molecule has 2 aliphatic rings. The summed E-state index contributed by atoms with van der Waals surface area (Å²) in [5, 5.41) is 8.46. The second-order valence-electron chi connectivity index (χ2n) is 7.40. The van der Waals surface area contributed by atoms with E-state index in [-0.39, 0.29) is 11.9 Å². The number of urea groups is 1.